The fourth-order valence-electron chi connectivity index (χ4n) is 2.48. The number of rotatable bonds is 5. The van der Waals surface area contributed by atoms with E-state index in [2.05, 4.69) is 15.9 Å². The molecule has 0 atom stereocenters. The zero-order valence-electron chi connectivity index (χ0n) is 14.7. The first-order valence-corrected chi connectivity index (χ1v) is 8.96. The van der Waals surface area contributed by atoms with E-state index in [1.165, 1.54) is 25.1 Å². The van der Waals surface area contributed by atoms with E-state index in [9.17, 15) is 18.8 Å². The van der Waals surface area contributed by atoms with Gasteiger partial charge < -0.3 is 13.9 Å². The molecule has 3 aromatic rings. The zero-order valence-corrected chi connectivity index (χ0v) is 16.2. The number of carbonyl (C=O) groups is 2. The average Bonchev–Trinajstić information content (AvgIpc) is 2.63. The van der Waals surface area contributed by atoms with E-state index in [4.69, 9.17) is 13.9 Å². The topological polar surface area (TPSA) is 82.8 Å². The molecule has 0 spiro atoms. The molecule has 0 unspecified atom stereocenters. The SMILES string of the molecule is CC(=O)OCc1ccc2oc(=O)c(CC(=O)Oc3cc(F)ccc3Br)cc2c1. The van der Waals surface area contributed by atoms with Gasteiger partial charge in [0.1, 0.15) is 23.8 Å². The third kappa shape index (κ3) is 4.83. The molecule has 6 nitrogen and oxygen atoms in total. The van der Waals surface area contributed by atoms with Crippen LogP contribution in [0.4, 0.5) is 4.39 Å². The maximum absolute atomic E-state index is 13.3. The average molecular weight is 449 g/mol. The highest BCUT2D eigenvalue weighted by Crippen LogP contribution is 2.26. The van der Waals surface area contributed by atoms with E-state index in [0.29, 0.717) is 21.0 Å². The van der Waals surface area contributed by atoms with E-state index in [-0.39, 0.29) is 24.3 Å². The molecule has 0 aliphatic rings. The monoisotopic (exact) mass is 448 g/mol. The summed E-state index contributed by atoms with van der Waals surface area (Å²) in [6.07, 6.45) is -0.352. The highest BCUT2D eigenvalue weighted by molar-refractivity contribution is 9.10. The molecule has 0 saturated heterocycles. The fourth-order valence-corrected chi connectivity index (χ4v) is 2.81. The normalized spacial score (nSPS) is 10.7. The summed E-state index contributed by atoms with van der Waals surface area (Å²) in [7, 11) is 0. The van der Waals surface area contributed by atoms with Gasteiger partial charge in [-0.2, -0.15) is 0 Å². The van der Waals surface area contributed by atoms with Gasteiger partial charge in [0.05, 0.1) is 10.9 Å². The number of fused-ring (bicyclic) bond motifs is 1. The smallest absolute Gasteiger partial charge is 0.340 e. The summed E-state index contributed by atoms with van der Waals surface area (Å²) >= 11 is 3.16. The molecule has 0 N–H and O–H groups in total. The van der Waals surface area contributed by atoms with Crippen molar-refractivity contribution < 1.29 is 27.9 Å². The first kappa shape index (κ1) is 19.8. The molecule has 0 amide bonds. The van der Waals surface area contributed by atoms with Gasteiger partial charge in [0.25, 0.3) is 0 Å². The van der Waals surface area contributed by atoms with Crippen LogP contribution in [-0.2, 0) is 27.4 Å². The lowest BCUT2D eigenvalue weighted by Crippen LogP contribution is -2.17. The van der Waals surface area contributed by atoms with Crippen LogP contribution >= 0.6 is 15.9 Å². The molecular formula is C20H14BrFO6. The Balaban J connectivity index is 1.82. The summed E-state index contributed by atoms with van der Waals surface area (Å²) < 4.78 is 29.0. The van der Waals surface area contributed by atoms with Crippen molar-refractivity contribution in [3.8, 4) is 5.75 Å². The number of carbonyl (C=O) groups excluding carboxylic acids is 2. The van der Waals surface area contributed by atoms with Gasteiger partial charge >= 0.3 is 17.6 Å². The van der Waals surface area contributed by atoms with Crippen LogP contribution in [0.1, 0.15) is 18.1 Å². The van der Waals surface area contributed by atoms with E-state index in [1.807, 2.05) is 0 Å². The van der Waals surface area contributed by atoms with Crippen molar-refractivity contribution in [2.75, 3.05) is 0 Å². The van der Waals surface area contributed by atoms with Gasteiger partial charge in [-0.3, -0.25) is 9.59 Å². The lowest BCUT2D eigenvalue weighted by molar-refractivity contribution is -0.142. The molecule has 3 rings (SSSR count). The number of ether oxygens (including phenoxy) is 2. The second kappa shape index (κ2) is 8.35. The summed E-state index contributed by atoms with van der Waals surface area (Å²) in [5.74, 6) is -1.70. The predicted molar refractivity (Wildman–Crippen MR) is 101 cm³/mol. The third-order valence-corrected chi connectivity index (χ3v) is 4.42. The van der Waals surface area contributed by atoms with Crippen molar-refractivity contribution in [3.63, 3.8) is 0 Å². The van der Waals surface area contributed by atoms with Crippen molar-refractivity contribution in [2.45, 2.75) is 20.0 Å². The Kier molecular flexibility index (Phi) is 5.89. The second-order valence-electron chi connectivity index (χ2n) is 5.94. The van der Waals surface area contributed by atoms with Crippen molar-refractivity contribution in [3.05, 3.63) is 74.3 Å². The maximum Gasteiger partial charge on any atom is 0.340 e. The van der Waals surface area contributed by atoms with E-state index >= 15 is 0 Å². The van der Waals surface area contributed by atoms with Crippen LogP contribution in [0.2, 0.25) is 0 Å². The van der Waals surface area contributed by atoms with Crippen molar-refractivity contribution in [1.82, 2.24) is 0 Å². The quantitative estimate of drug-likeness (QED) is 0.334. The molecule has 28 heavy (non-hydrogen) atoms. The van der Waals surface area contributed by atoms with Crippen molar-refractivity contribution >= 4 is 38.8 Å². The largest absolute Gasteiger partial charge is 0.461 e. The molecule has 144 valence electrons. The highest BCUT2D eigenvalue weighted by atomic mass is 79.9. The van der Waals surface area contributed by atoms with E-state index < -0.39 is 23.4 Å². The minimum Gasteiger partial charge on any atom is -0.461 e. The summed E-state index contributed by atoms with van der Waals surface area (Å²) in [5, 5.41) is 0.569. The van der Waals surface area contributed by atoms with Crippen molar-refractivity contribution in [2.24, 2.45) is 0 Å². The first-order chi connectivity index (χ1) is 13.3. The summed E-state index contributed by atoms with van der Waals surface area (Å²) in [5.41, 5.74) is 0.459. The Labute approximate surface area is 167 Å². The fraction of sp³-hybridized carbons (Fsp3) is 0.150. The standard InChI is InChI=1S/C20H14BrFO6/c1-11(23)26-10-12-2-5-17-13(6-12)7-14(20(25)28-17)8-19(24)27-18-9-15(22)3-4-16(18)21/h2-7,9H,8,10H2,1H3. The maximum atomic E-state index is 13.3. The number of hydrogen-bond donors (Lipinski definition) is 0. The van der Waals surface area contributed by atoms with Crippen LogP contribution in [-0.4, -0.2) is 11.9 Å². The minimum absolute atomic E-state index is 0.0128. The Hall–Kier alpha value is -3.00. The van der Waals surface area contributed by atoms with Crippen molar-refractivity contribution in [1.29, 1.82) is 0 Å². The molecule has 0 radical (unpaired) electrons. The van der Waals surface area contributed by atoms with Gasteiger partial charge in [-0.1, -0.05) is 6.07 Å². The number of esters is 2. The predicted octanol–water partition coefficient (Wildman–Crippen LogP) is 3.91. The van der Waals surface area contributed by atoms with Crippen LogP contribution in [0, 0.1) is 5.82 Å². The summed E-state index contributed by atoms with van der Waals surface area (Å²) in [6.45, 7) is 1.39. The number of halogens is 2. The molecule has 0 bridgehead atoms. The van der Waals surface area contributed by atoms with Gasteiger partial charge in [0.15, 0.2) is 0 Å². The lowest BCUT2D eigenvalue weighted by Gasteiger charge is -2.07. The van der Waals surface area contributed by atoms with Gasteiger partial charge in [0, 0.05) is 23.9 Å². The molecule has 1 aromatic heterocycles. The molecule has 0 aliphatic heterocycles. The van der Waals surface area contributed by atoms with Crippen LogP contribution in [0.5, 0.6) is 5.75 Å². The second-order valence-corrected chi connectivity index (χ2v) is 6.79. The van der Waals surface area contributed by atoms with Crippen LogP contribution in [0.3, 0.4) is 0 Å². The van der Waals surface area contributed by atoms with Crippen LogP contribution in [0.25, 0.3) is 11.0 Å². The molecule has 0 aliphatic carbocycles. The van der Waals surface area contributed by atoms with Gasteiger partial charge in [-0.05, 0) is 51.8 Å². The number of hydrogen-bond acceptors (Lipinski definition) is 6. The minimum atomic E-state index is -0.742. The van der Waals surface area contributed by atoms with Gasteiger partial charge in [0.2, 0.25) is 0 Å². The summed E-state index contributed by atoms with van der Waals surface area (Å²) in [6, 6.07) is 10.1. The Bertz CT molecular complexity index is 1120. The van der Waals surface area contributed by atoms with Gasteiger partial charge in [-0.15, -0.1) is 0 Å². The number of benzene rings is 2. The molecule has 1 heterocycles. The summed E-state index contributed by atoms with van der Waals surface area (Å²) in [4.78, 5) is 35.2. The molecule has 8 heteroatoms. The van der Waals surface area contributed by atoms with E-state index in [0.717, 1.165) is 6.07 Å². The molecule has 2 aromatic carbocycles. The zero-order chi connectivity index (χ0) is 20.3. The molecule has 0 fully saturated rings. The molecular weight excluding hydrogens is 435 g/mol. The third-order valence-electron chi connectivity index (χ3n) is 3.76. The van der Waals surface area contributed by atoms with Crippen LogP contribution in [0.15, 0.2) is 56.1 Å². The Morgan fingerprint density at radius 3 is 2.68 bits per heavy atom. The van der Waals surface area contributed by atoms with E-state index in [1.54, 1.807) is 18.2 Å². The highest BCUT2D eigenvalue weighted by Gasteiger charge is 2.14. The Morgan fingerprint density at radius 1 is 1.14 bits per heavy atom. The lowest BCUT2D eigenvalue weighted by atomic mass is 10.1. The Morgan fingerprint density at radius 2 is 1.93 bits per heavy atom. The molecule has 0 saturated carbocycles. The first-order valence-electron chi connectivity index (χ1n) is 8.16. The van der Waals surface area contributed by atoms with Crippen LogP contribution < -0.4 is 10.4 Å². The van der Waals surface area contributed by atoms with Gasteiger partial charge in [-0.25, -0.2) is 9.18 Å².